The van der Waals surface area contributed by atoms with Crippen molar-refractivity contribution < 1.29 is 0 Å². The summed E-state index contributed by atoms with van der Waals surface area (Å²) in [5.41, 5.74) is 1.34. The predicted octanol–water partition coefficient (Wildman–Crippen LogP) is 5.07. The van der Waals surface area contributed by atoms with Crippen molar-refractivity contribution in [3.05, 3.63) is 0 Å². The van der Waals surface area contributed by atoms with Crippen molar-refractivity contribution in [2.24, 2.45) is 4.99 Å². The highest BCUT2D eigenvalue weighted by Gasteiger charge is 2.19. The second-order valence-electron chi connectivity index (χ2n) is 6.42. The summed E-state index contributed by atoms with van der Waals surface area (Å²) in [6.45, 7) is 10.4. The van der Waals surface area contributed by atoms with Gasteiger partial charge in [-0.3, -0.25) is 9.89 Å². The Morgan fingerprint density at radius 1 is 0.950 bits per heavy atom. The highest BCUT2D eigenvalue weighted by molar-refractivity contribution is 5.86. The molecule has 1 atom stereocenters. The van der Waals surface area contributed by atoms with Crippen LogP contribution in [0.5, 0.6) is 0 Å². The molecule has 1 heterocycles. The third-order valence-corrected chi connectivity index (χ3v) is 4.67. The third-order valence-electron chi connectivity index (χ3n) is 4.67. The largest absolute Gasteiger partial charge is 0.295 e. The lowest BCUT2D eigenvalue weighted by Crippen LogP contribution is -2.35. The van der Waals surface area contributed by atoms with E-state index in [4.69, 9.17) is 4.99 Å². The molecule has 0 radical (unpaired) electrons. The first kappa shape index (κ1) is 17.7. The summed E-state index contributed by atoms with van der Waals surface area (Å²) in [5.74, 6) is 0. The number of hydrogen-bond acceptors (Lipinski definition) is 2. The van der Waals surface area contributed by atoms with Gasteiger partial charge in [-0.2, -0.15) is 0 Å². The molecule has 1 saturated heterocycles. The maximum Gasteiger partial charge on any atom is 0.0445 e. The molecule has 118 valence electrons. The fourth-order valence-corrected chi connectivity index (χ4v) is 3.03. The Kier molecular flexibility index (Phi) is 10.00. The Balaban J connectivity index is 1.99. The molecule has 0 aromatic heterocycles. The maximum absolute atomic E-state index is 4.79. The zero-order valence-corrected chi connectivity index (χ0v) is 14.2. The van der Waals surface area contributed by atoms with Crippen molar-refractivity contribution in [3.63, 3.8) is 0 Å². The van der Waals surface area contributed by atoms with Crippen LogP contribution in [0.4, 0.5) is 0 Å². The van der Waals surface area contributed by atoms with Crippen molar-refractivity contribution >= 4 is 5.71 Å². The number of likely N-dealkylation sites (tertiary alicyclic amines) is 1. The van der Waals surface area contributed by atoms with E-state index < -0.39 is 0 Å². The summed E-state index contributed by atoms with van der Waals surface area (Å²) < 4.78 is 0. The molecule has 1 unspecified atom stereocenters. The van der Waals surface area contributed by atoms with Crippen molar-refractivity contribution in [3.8, 4) is 0 Å². The molecule has 0 amide bonds. The van der Waals surface area contributed by atoms with Gasteiger partial charge in [-0.1, -0.05) is 51.9 Å². The molecule has 0 bridgehead atoms. The summed E-state index contributed by atoms with van der Waals surface area (Å²) in [7, 11) is 0. The second-order valence-corrected chi connectivity index (χ2v) is 6.42. The summed E-state index contributed by atoms with van der Waals surface area (Å²) in [4.78, 5) is 7.37. The van der Waals surface area contributed by atoms with Crippen LogP contribution in [-0.2, 0) is 0 Å². The Bertz CT molecular complexity index is 254. The van der Waals surface area contributed by atoms with Crippen LogP contribution in [0.2, 0.25) is 0 Å². The zero-order valence-electron chi connectivity index (χ0n) is 14.2. The molecule has 1 aliphatic rings. The maximum atomic E-state index is 4.79. The molecule has 0 aliphatic carbocycles. The van der Waals surface area contributed by atoms with Gasteiger partial charge in [0.25, 0.3) is 0 Å². The van der Waals surface area contributed by atoms with Crippen molar-refractivity contribution in [1.82, 2.24) is 4.90 Å². The van der Waals surface area contributed by atoms with Gasteiger partial charge >= 0.3 is 0 Å². The van der Waals surface area contributed by atoms with Crippen molar-refractivity contribution in [2.75, 3.05) is 19.6 Å². The fourth-order valence-electron chi connectivity index (χ4n) is 3.03. The summed E-state index contributed by atoms with van der Waals surface area (Å²) in [6, 6.07) is 0.562. The lowest BCUT2D eigenvalue weighted by Gasteiger charge is -2.23. The van der Waals surface area contributed by atoms with E-state index in [0.29, 0.717) is 6.04 Å². The molecule has 0 N–H and O–H groups in total. The first-order valence-electron chi connectivity index (χ1n) is 9.00. The smallest absolute Gasteiger partial charge is 0.0445 e. The Morgan fingerprint density at radius 2 is 1.50 bits per heavy atom. The number of hydrogen-bond donors (Lipinski definition) is 0. The lowest BCUT2D eigenvalue weighted by atomic mass is 10.1. The van der Waals surface area contributed by atoms with Crippen molar-refractivity contribution in [1.29, 1.82) is 0 Å². The summed E-state index contributed by atoms with van der Waals surface area (Å²) >= 11 is 0. The number of nitrogens with zero attached hydrogens (tertiary/aromatic N) is 2. The Labute approximate surface area is 127 Å². The molecule has 0 saturated carbocycles. The molecule has 20 heavy (non-hydrogen) atoms. The Morgan fingerprint density at radius 3 is 2.10 bits per heavy atom. The first-order chi connectivity index (χ1) is 9.75. The molecule has 0 spiro atoms. The highest BCUT2D eigenvalue weighted by Crippen LogP contribution is 2.13. The molecular formula is C18H36N2. The molecule has 0 aromatic rings. The minimum atomic E-state index is 0.562. The van der Waals surface area contributed by atoms with E-state index in [-0.39, 0.29) is 0 Å². The van der Waals surface area contributed by atoms with E-state index in [1.807, 2.05) is 0 Å². The van der Waals surface area contributed by atoms with Crippen LogP contribution < -0.4 is 0 Å². The number of aliphatic imine (C=N–C) groups is 1. The molecule has 1 fully saturated rings. The zero-order chi connectivity index (χ0) is 14.6. The van der Waals surface area contributed by atoms with Crippen LogP contribution in [0.3, 0.4) is 0 Å². The standard InChI is InChI=1S/C18H36N2/c1-4-5-6-7-8-9-10-11-14-19-17(2)18(3)20-15-12-13-16-20/h18H,4-16H2,1-3H3. The second kappa shape index (κ2) is 11.3. The minimum absolute atomic E-state index is 0.562. The van der Waals surface area contributed by atoms with E-state index in [0.717, 1.165) is 6.54 Å². The SMILES string of the molecule is CCCCCCCCCCN=C(C)C(C)N1CCCC1. The van der Waals surface area contributed by atoms with Crippen LogP contribution in [-0.4, -0.2) is 36.3 Å². The monoisotopic (exact) mass is 280 g/mol. The van der Waals surface area contributed by atoms with E-state index in [2.05, 4.69) is 25.7 Å². The third kappa shape index (κ3) is 7.42. The van der Waals surface area contributed by atoms with Gasteiger partial charge in [-0.25, -0.2) is 0 Å². The van der Waals surface area contributed by atoms with E-state index in [1.54, 1.807) is 0 Å². The fraction of sp³-hybridized carbons (Fsp3) is 0.944. The molecule has 2 nitrogen and oxygen atoms in total. The van der Waals surface area contributed by atoms with E-state index >= 15 is 0 Å². The lowest BCUT2D eigenvalue weighted by molar-refractivity contribution is 0.314. The first-order valence-corrected chi connectivity index (χ1v) is 9.00. The topological polar surface area (TPSA) is 15.6 Å². The number of rotatable bonds is 11. The Hall–Kier alpha value is -0.370. The van der Waals surface area contributed by atoms with Crippen LogP contribution in [0.25, 0.3) is 0 Å². The van der Waals surface area contributed by atoms with Gasteiger partial charge < -0.3 is 0 Å². The molecule has 1 aliphatic heterocycles. The predicted molar refractivity (Wildman–Crippen MR) is 90.9 cm³/mol. The van der Waals surface area contributed by atoms with Crippen molar-refractivity contribution in [2.45, 2.75) is 91.0 Å². The average molecular weight is 281 g/mol. The highest BCUT2D eigenvalue weighted by atomic mass is 15.2. The van der Waals surface area contributed by atoms with Crippen LogP contribution >= 0.6 is 0 Å². The normalized spacial score (nSPS) is 18.6. The quantitative estimate of drug-likeness (QED) is 0.381. The minimum Gasteiger partial charge on any atom is -0.295 e. The van der Waals surface area contributed by atoms with E-state index in [1.165, 1.54) is 83.0 Å². The van der Waals surface area contributed by atoms with Gasteiger partial charge in [0.05, 0.1) is 0 Å². The average Bonchev–Trinajstić information content (AvgIpc) is 2.98. The van der Waals surface area contributed by atoms with Gasteiger partial charge in [0.15, 0.2) is 0 Å². The van der Waals surface area contributed by atoms with Gasteiger partial charge in [-0.05, 0) is 46.2 Å². The molecule has 1 rings (SSSR count). The summed E-state index contributed by atoms with van der Waals surface area (Å²) in [5, 5.41) is 0. The van der Waals surface area contributed by atoms with Crippen LogP contribution in [0.15, 0.2) is 4.99 Å². The number of unbranched alkanes of at least 4 members (excludes halogenated alkanes) is 7. The van der Waals surface area contributed by atoms with Gasteiger partial charge in [0.1, 0.15) is 0 Å². The summed E-state index contributed by atoms with van der Waals surface area (Å²) in [6.07, 6.45) is 13.8. The molecular weight excluding hydrogens is 244 g/mol. The van der Waals surface area contributed by atoms with Crippen LogP contribution in [0.1, 0.15) is 85.0 Å². The molecule has 2 heteroatoms. The van der Waals surface area contributed by atoms with Gasteiger partial charge in [-0.15, -0.1) is 0 Å². The molecule has 0 aromatic carbocycles. The van der Waals surface area contributed by atoms with Crippen LogP contribution in [0, 0.1) is 0 Å². The van der Waals surface area contributed by atoms with E-state index in [9.17, 15) is 0 Å². The van der Waals surface area contributed by atoms with Gasteiger partial charge in [0, 0.05) is 18.3 Å². The van der Waals surface area contributed by atoms with Gasteiger partial charge in [0.2, 0.25) is 0 Å².